The minimum absolute atomic E-state index is 0.0597. The molecule has 0 aromatic carbocycles. The molecule has 0 aromatic heterocycles. The Morgan fingerprint density at radius 2 is 1.88 bits per heavy atom. The molecule has 16 heavy (non-hydrogen) atoms. The molecular formula is C15H27N. The summed E-state index contributed by atoms with van der Waals surface area (Å²) in [6, 6.07) is 2.61. The molecule has 1 rings (SSSR count). The number of unbranched alkanes of at least 4 members (excludes halogenated alkanes) is 5. The Morgan fingerprint density at radius 1 is 1.19 bits per heavy atom. The summed E-state index contributed by atoms with van der Waals surface area (Å²) in [6.07, 6.45) is 12.8. The van der Waals surface area contributed by atoms with Crippen LogP contribution in [0.25, 0.3) is 0 Å². The first-order valence-electron chi connectivity index (χ1n) is 7.14. The molecule has 0 radical (unpaired) electrons. The lowest BCUT2D eigenvalue weighted by Crippen LogP contribution is -2.13. The summed E-state index contributed by atoms with van der Waals surface area (Å²) in [4.78, 5) is 0. The van der Waals surface area contributed by atoms with E-state index in [4.69, 9.17) is 0 Å². The lowest BCUT2D eigenvalue weighted by molar-refractivity contribution is 0.345. The van der Waals surface area contributed by atoms with Crippen molar-refractivity contribution in [3.63, 3.8) is 0 Å². The highest BCUT2D eigenvalue weighted by atomic mass is 14.4. The molecule has 1 aliphatic rings. The van der Waals surface area contributed by atoms with Crippen molar-refractivity contribution in [2.45, 2.75) is 78.1 Å². The zero-order chi connectivity index (χ0) is 11.9. The number of nitriles is 1. The van der Waals surface area contributed by atoms with Crippen LogP contribution in [0.5, 0.6) is 0 Å². The average Bonchev–Trinajstić information content (AvgIpc) is 2.66. The minimum atomic E-state index is 0.0597. The molecule has 0 heterocycles. The third-order valence-corrected chi connectivity index (χ3v) is 4.10. The molecule has 2 atom stereocenters. The van der Waals surface area contributed by atoms with Crippen molar-refractivity contribution in [2.24, 2.45) is 11.3 Å². The molecule has 1 saturated carbocycles. The van der Waals surface area contributed by atoms with Gasteiger partial charge in [-0.25, -0.2) is 0 Å². The van der Waals surface area contributed by atoms with Crippen LogP contribution in [-0.4, -0.2) is 0 Å². The number of hydrogen-bond donors (Lipinski definition) is 0. The van der Waals surface area contributed by atoms with E-state index in [1.165, 1.54) is 44.9 Å². The van der Waals surface area contributed by atoms with Gasteiger partial charge in [0, 0.05) is 0 Å². The second-order valence-electron chi connectivity index (χ2n) is 5.76. The lowest BCUT2D eigenvalue weighted by atomic mass is 9.82. The summed E-state index contributed by atoms with van der Waals surface area (Å²) in [6.45, 7) is 4.55. The molecule has 1 nitrogen and oxygen atoms in total. The fourth-order valence-corrected chi connectivity index (χ4v) is 3.02. The van der Waals surface area contributed by atoms with E-state index < -0.39 is 0 Å². The van der Waals surface area contributed by atoms with Gasteiger partial charge in [-0.15, -0.1) is 0 Å². The first kappa shape index (κ1) is 13.6. The van der Waals surface area contributed by atoms with E-state index in [1.807, 2.05) is 0 Å². The van der Waals surface area contributed by atoms with Crippen molar-refractivity contribution in [1.29, 1.82) is 5.26 Å². The van der Waals surface area contributed by atoms with E-state index in [9.17, 15) is 5.26 Å². The topological polar surface area (TPSA) is 23.8 Å². The van der Waals surface area contributed by atoms with Gasteiger partial charge in [-0.05, 0) is 31.6 Å². The van der Waals surface area contributed by atoms with Crippen LogP contribution in [-0.2, 0) is 0 Å². The van der Waals surface area contributed by atoms with Gasteiger partial charge in [-0.1, -0.05) is 52.4 Å². The predicted molar refractivity (Wildman–Crippen MR) is 69.1 cm³/mol. The highest BCUT2D eigenvalue weighted by Gasteiger charge is 2.36. The highest BCUT2D eigenvalue weighted by molar-refractivity contribution is 5.03. The minimum Gasteiger partial charge on any atom is -0.198 e. The van der Waals surface area contributed by atoms with Gasteiger partial charge in [0.05, 0.1) is 11.5 Å². The Hall–Kier alpha value is -0.510. The van der Waals surface area contributed by atoms with Crippen molar-refractivity contribution in [2.75, 3.05) is 0 Å². The summed E-state index contributed by atoms with van der Waals surface area (Å²) in [5.41, 5.74) is 0.0597. The van der Waals surface area contributed by atoms with Crippen molar-refractivity contribution in [3.8, 4) is 6.07 Å². The molecule has 2 unspecified atom stereocenters. The smallest absolute Gasteiger partial charge is 0.0689 e. The average molecular weight is 221 g/mol. The molecule has 0 bridgehead atoms. The summed E-state index contributed by atoms with van der Waals surface area (Å²) in [7, 11) is 0. The van der Waals surface area contributed by atoms with E-state index >= 15 is 0 Å². The SMILES string of the molecule is CCCCCCCCC1(C#N)CCC(C)C1. The van der Waals surface area contributed by atoms with Gasteiger partial charge in [-0.3, -0.25) is 0 Å². The second-order valence-corrected chi connectivity index (χ2v) is 5.76. The van der Waals surface area contributed by atoms with Gasteiger partial charge in [0.2, 0.25) is 0 Å². The van der Waals surface area contributed by atoms with Gasteiger partial charge in [0.15, 0.2) is 0 Å². The molecule has 0 aromatic rings. The summed E-state index contributed by atoms with van der Waals surface area (Å²) >= 11 is 0. The van der Waals surface area contributed by atoms with Crippen LogP contribution in [0.15, 0.2) is 0 Å². The van der Waals surface area contributed by atoms with Crippen molar-refractivity contribution < 1.29 is 0 Å². The molecular weight excluding hydrogens is 194 g/mol. The van der Waals surface area contributed by atoms with Crippen molar-refractivity contribution >= 4 is 0 Å². The van der Waals surface area contributed by atoms with Gasteiger partial charge >= 0.3 is 0 Å². The molecule has 1 heteroatoms. The maximum Gasteiger partial charge on any atom is 0.0689 e. The summed E-state index contributed by atoms with van der Waals surface area (Å²) in [5, 5.41) is 9.33. The summed E-state index contributed by atoms with van der Waals surface area (Å²) < 4.78 is 0. The maximum atomic E-state index is 9.33. The van der Waals surface area contributed by atoms with Gasteiger partial charge < -0.3 is 0 Å². The van der Waals surface area contributed by atoms with E-state index in [0.717, 1.165) is 25.2 Å². The molecule has 0 saturated heterocycles. The maximum absolute atomic E-state index is 9.33. The van der Waals surface area contributed by atoms with E-state index in [1.54, 1.807) is 0 Å². The van der Waals surface area contributed by atoms with Crippen LogP contribution < -0.4 is 0 Å². The second kappa shape index (κ2) is 6.94. The zero-order valence-electron chi connectivity index (χ0n) is 11.1. The molecule has 0 amide bonds. The lowest BCUT2D eigenvalue weighted by Gasteiger charge is -2.20. The Bertz CT molecular complexity index is 228. The predicted octanol–water partition coefficient (Wildman–Crippen LogP) is 5.07. The van der Waals surface area contributed by atoms with Crippen molar-refractivity contribution in [1.82, 2.24) is 0 Å². The molecule has 92 valence electrons. The van der Waals surface area contributed by atoms with Gasteiger partial charge in [0.25, 0.3) is 0 Å². The third-order valence-electron chi connectivity index (χ3n) is 4.10. The van der Waals surface area contributed by atoms with E-state index in [-0.39, 0.29) is 5.41 Å². The Balaban J connectivity index is 2.13. The van der Waals surface area contributed by atoms with Crippen LogP contribution in [0.4, 0.5) is 0 Å². The van der Waals surface area contributed by atoms with Crippen LogP contribution >= 0.6 is 0 Å². The van der Waals surface area contributed by atoms with E-state index in [2.05, 4.69) is 19.9 Å². The Labute approximate surface area is 101 Å². The Kier molecular flexibility index (Phi) is 5.88. The monoisotopic (exact) mass is 221 g/mol. The number of hydrogen-bond acceptors (Lipinski definition) is 1. The standard InChI is InChI=1S/C15H27N/c1-3-4-5-6-7-8-10-15(13-16)11-9-14(2)12-15/h14H,3-12H2,1-2H3. The molecule has 1 fully saturated rings. The van der Waals surface area contributed by atoms with Crippen molar-refractivity contribution in [3.05, 3.63) is 0 Å². The number of nitrogens with zero attached hydrogens (tertiary/aromatic N) is 1. The van der Waals surface area contributed by atoms with Crippen LogP contribution in [0.2, 0.25) is 0 Å². The van der Waals surface area contributed by atoms with E-state index in [0.29, 0.717) is 0 Å². The van der Waals surface area contributed by atoms with Crippen LogP contribution in [0, 0.1) is 22.7 Å². The van der Waals surface area contributed by atoms with Crippen LogP contribution in [0.1, 0.15) is 78.1 Å². The normalized spacial score (nSPS) is 29.2. The quantitative estimate of drug-likeness (QED) is 0.551. The van der Waals surface area contributed by atoms with Crippen LogP contribution in [0.3, 0.4) is 0 Å². The fourth-order valence-electron chi connectivity index (χ4n) is 3.02. The zero-order valence-corrected chi connectivity index (χ0v) is 11.1. The molecule has 0 N–H and O–H groups in total. The first-order chi connectivity index (χ1) is 7.72. The molecule has 0 aliphatic heterocycles. The largest absolute Gasteiger partial charge is 0.198 e. The fraction of sp³-hybridized carbons (Fsp3) is 0.933. The van der Waals surface area contributed by atoms with Gasteiger partial charge in [-0.2, -0.15) is 5.26 Å². The first-order valence-corrected chi connectivity index (χ1v) is 7.14. The Morgan fingerprint density at radius 3 is 2.44 bits per heavy atom. The molecule has 0 spiro atoms. The number of rotatable bonds is 7. The van der Waals surface area contributed by atoms with Gasteiger partial charge in [0.1, 0.15) is 0 Å². The third kappa shape index (κ3) is 4.16. The summed E-state index contributed by atoms with van der Waals surface area (Å²) in [5.74, 6) is 0.778. The highest BCUT2D eigenvalue weighted by Crippen LogP contribution is 2.44. The molecule has 1 aliphatic carbocycles.